The predicted molar refractivity (Wildman–Crippen MR) is 128 cm³/mol. The van der Waals surface area contributed by atoms with Gasteiger partial charge in [0.1, 0.15) is 12.3 Å². The van der Waals surface area contributed by atoms with Gasteiger partial charge in [-0.3, -0.25) is 14.8 Å². The van der Waals surface area contributed by atoms with Crippen molar-refractivity contribution in [2.45, 2.75) is 0 Å². The Labute approximate surface area is 202 Å². The number of hydrogen-bond acceptors (Lipinski definition) is 7. The maximum Gasteiger partial charge on any atom is 0.414 e. The number of H-pyrrole nitrogens is 1. The lowest BCUT2D eigenvalue weighted by Gasteiger charge is -2.13. The molecule has 0 atom stereocenters. The van der Waals surface area contributed by atoms with Crippen LogP contribution in [0, 0.1) is 11.8 Å². The van der Waals surface area contributed by atoms with E-state index in [9.17, 15) is 9.59 Å². The summed E-state index contributed by atoms with van der Waals surface area (Å²) in [4.78, 5) is 25.7. The van der Waals surface area contributed by atoms with Gasteiger partial charge in [0.25, 0.3) is 5.91 Å². The fourth-order valence-corrected chi connectivity index (χ4v) is 3.53. The molecule has 2 heterocycles. The number of aromatic amines is 1. The van der Waals surface area contributed by atoms with E-state index in [0.29, 0.717) is 41.7 Å². The second-order valence-corrected chi connectivity index (χ2v) is 7.38. The van der Waals surface area contributed by atoms with Crippen molar-refractivity contribution in [3.63, 3.8) is 0 Å². The number of ether oxygens (including phenoxy) is 4. The number of cyclic esters (lactones) is 1. The molecule has 0 aliphatic carbocycles. The number of aromatic nitrogens is 2. The van der Waals surface area contributed by atoms with Crippen molar-refractivity contribution in [1.29, 1.82) is 0 Å². The first-order chi connectivity index (χ1) is 17.0. The molecule has 4 rings (SSSR count). The van der Waals surface area contributed by atoms with Gasteiger partial charge in [0, 0.05) is 16.8 Å². The largest absolute Gasteiger partial charge is 0.493 e. The monoisotopic (exact) mass is 476 g/mol. The van der Waals surface area contributed by atoms with Crippen molar-refractivity contribution in [2.75, 3.05) is 45.9 Å². The van der Waals surface area contributed by atoms with Gasteiger partial charge in [0.2, 0.25) is 5.75 Å². The average molecular weight is 476 g/mol. The van der Waals surface area contributed by atoms with Crippen LogP contribution in [0.3, 0.4) is 0 Å². The maximum absolute atomic E-state index is 12.5. The molecule has 1 saturated heterocycles. The van der Waals surface area contributed by atoms with Crippen LogP contribution in [-0.4, -0.2) is 63.2 Å². The van der Waals surface area contributed by atoms with E-state index in [0.717, 1.165) is 11.3 Å². The maximum atomic E-state index is 12.5. The summed E-state index contributed by atoms with van der Waals surface area (Å²) in [5.41, 5.74) is 3.05. The van der Waals surface area contributed by atoms with E-state index < -0.39 is 0 Å². The van der Waals surface area contributed by atoms with Gasteiger partial charge < -0.3 is 24.3 Å². The third-order valence-electron chi connectivity index (χ3n) is 5.29. The molecule has 0 saturated carbocycles. The highest BCUT2D eigenvalue weighted by Crippen LogP contribution is 2.40. The highest BCUT2D eigenvalue weighted by molar-refractivity contribution is 5.93. The van der Waals surface area contributed by atoms with E-state index in [4.69, 9.17) is 18.9 Å². The molecule has 2 N–H and O–H groups in total. The zero-order valence-corrected chi connectivity index (χ0v) is 19.5. The Hall–Kier alpha value is -4.65. The number of nitrogens with zero attached hydrogens (tertiary/aromatic N) is 2. The highest BCUT2D eigenvalue weighted by atomic mass is 16.6. The van der Waals surface area contributed by atoms with Crippen LogP contribution >= 0.6 is 0 Å². The molecule has 10 heteroatoms. The molecule has 1 aromatic heterocycles. The summed E-state index contributed by atoms with van der Waals surface area (Å²) in [6, 6.07) is 12.4. The van der Waals surface area contributed by atoms with Gasteiger partial charge in [-0.2, -0.15) is 5.10 Å². The molecule has 0 radical (unpaired) electrons. The molecule has 2 aromatic carbocycles. The fourth-order valence-electron chi connectivity index (χ4n) is 3.53. The number of carbonyl (C=O) groups is 2. The van der Waals surface area contributed by atoms with Crippen LogP contribution in [0.5, 0.6) is 17.2 Å². The van der Waals surface area contributed by atoms with E-state index in [-0.39, 0.29) is 24.2 Å². The van der Waals surface area contributed by atoms with E-state index in [1.807, 2.05) is 24.3 Å². The highest BCUT2D eigenvalue weighted by Gasteiger charge is 2.23. The standard InChI is InChI=1S/C25H24N4O6/c1-32-21-13-17(14-22(33-2)23(21)34-3)19-15-20(28-27-19)24(30)26-10-4-5-16-6-8-18(9-7-16)29-11-12-35-25(29)31/h6-9,13-15H,10-12H2,1-3H3,(H,26,30)(H,27,28). The number of rotatable bonds is 7. The lowest BCUT2D eigenvalue weighted by atomic mass is 10.1. The van der Waals surface area contributed by atoms with Crippen LogP contribution in [0.15, 0.2) is 42.5 Å². The van der Waals surface area contributed by atoms with Gasteiger partial charge in [-0.25, -0.2) is 4.79 Å². The Morgan fingerprint density at radius 1 is 1.11 bits per heavy atom. The summed E-state index contributed by atoms with van der Waals surface area (Å²) in [5, 5.41) is 9.70. The first kappa shape index (κ1) is 23.5. The first-order valence-corrected chi connectivity index (χ1v) is 10.7. The van der Waals surface area contributed by atoms with Gasteiger partial charge >= 0.3 is 6.09 Å². The van der Waals surface area contributed by atoms with E-state index in [2.05, 4.69) is 27.4 Å². The summed E-state index contributed by atoms with van der Waals surface area (Å²) < 4.78 is 21.0. The second-order valence-electron chi connectivity index (χ2n) is 7.38. The number of benzene rings is 2. The zero-order chi connectivity index (χ0) is 24.8. The van der Waals surface area contributed by atoms with Gasteiger partial charge in [-0.15, -0.1) is 0 Å². The second kappa shape index (κ2) is 10.5. The summed E-state index contributed by atoms with van der Waals surface area (Å²) >= 11 is 0. The summed E-state index contributed by atoms with van der Waals surface area (Å²) in [6.07, 6.45) is -0.348. The smallest absolute Gasteiger partial charge is 0.414 e. The molecular weight excluding hydrogens is 452 g/mol. The Kier molecular flexibility index (Phi) is 7.07. The summed E-state index contributed by atoms with van der Waals surface area (Å²) in [5.74, 6) is 7.00. The fraction of sp³-hybridized carbons (Fsp3) is 0.240. The molecule has 1 fully saturated rings. The SMILES string of the molecule is COc1cc(-c2cc(C(=O)NCC#Cc3ccc(N4CCOC4=O)cc3)[nH]n2)cc(OC)c1OC. The van der Waals surface area contributed by atoms with Crippen molar-refractivity contribution in [1.82, 2.24) is 15.5 Å². The number of nitrogens with one attached hydrogen (secondary N) is 2. The van der Waals surface area contributed by atoms with Gasteiger partial charge in [-0.1, -0.05) is 11.8 Å². The van der Waals surface area contributed by atoms with Crippen molar-refractivity contribution in [2.24, 2.45) is 0 Å². The van der Waals surface area contributed by atoms with Crippen LogP contribution in [0.4, 0.5) is 10.5 Å². The number of hydrogen-bond donors (Lipinski definition) is 2. The number of methoxy groups -OCH3 is 3. The van der Waals surface area contributed by atoms with Gasteiger partial charge in [0.05, 0.1) is 40.1 Å². The molecule has 35 heavy (non-hydrogen) atoms. The van der Waals surface area contributed by atoms with Gasteiger partial charge in [-0.05, 0) is 42.5 Å². The molecule has 0 spiro atoms. The van der Waals surface area contributed by atoms with E-state index in [1.54, 1.807) is 23.1 Å². The third-order valence-corrected chi connectivity index (χ3v) is 5.29. The molecular formula is C25H24N4O6. The van der Waals surface area contributed by atoms with Crippen LogP contribution in [0.25, 0.3) is 11.3 Å². The minimum atomic E-state index is -0.348. The third kappa shape index (κ3) is 5.14. The van der Waals surface area contributed by atoms with Crippen LogP contribution in [0.2, 0.25) is 0 Å². The molecule has 2 amide bonds. The minimum Gasteiger partial charge on any atom is -0.493 e. The average Bonchev–Trinajstić information content (AvgIpc) is 3.55. The first-order valence-electron chi connectivity index (χ1n) is 10.7. The van der Waals surface area contributed by atoms with Crippen LogP contribution in [-0.2, 0) is 4.74 Å². The minimum absolute atomic E-state index is 0.150. The van der Waals surface area contributed by atoms with Crippen molar-refractivity contribution in [3.8, 4) is 40.3 Å². The quantitative estimate of drug-likeness (QED) is 0.504. The van der Waals surface area contributed by atoms with Crippen LogP contribution < -0.4 is 24.4 Å². The lowest BCUT2D eigenvalue weighted by molar-refractivity contribution is 0.0953. The van der Waals surface area contributed by atoms with Gasteiger partial charge in [0.15, 0.2) is 11.5 Å². The number of carbonyl (C=O) groups excluding carboxylic acids is 2. The number of amides is 2. The summed E-state index contributed by atoms with van der Waals surface area (Å²) in [6.45, 7) is 1.07. The lowest BCUT2D eigenvalue weighted by Crippen LogP contribution is -2.23. The van der Waals surface area contributed by atoms with E-state index >= 15 is 0 Å². The number of anilines is 1. The summed E-state index contributed by atoms with van der Waals surface area (Å²) in [7, 11) is 4.59. The molecule has 10 nitrogen and oxygen atoms in total. The topological polar surface area (TPSA) is 115 Å². The normalized spacial score (nSPS) is 12.4. The Balaban J connectivity index is 1.37. The van der Waals surface area contributed by atoms with Crippen molar-refractivity contribution >= 4 is 17.7 Å². The molecule has 1 aliphatic heterocycles. The Morgan fingerprint density at radius 2 is 1.83 bits per heavy atom. The Morgan fingerprint density at radius 3 is 2.43 bits per heavy atom. The molecule has 180 valence electrons. The molecule has 3 aromatic rings. The molecule has 1 aliphatic rings. The molecule has 0 unspecified atom stereocenters. The predicted octanol–water partition coefficient (Wildman–Crippen LogP) is 2.84. The Bertz CT molecular complexity index is 1260. The van der Waals surface area contributed by atoms with Crippen molar-refractivity contribution < 1.29 is 28.5 Å². The zero-order valence-electron chi connectivity index (χ0n) is 19.5. The van der Waals surface area contributed by atoms with Crippen molar-refractivity contribution in [3.05, 3.63) is 53.7 Å². The van der Waals surface area contributed by atoms with Crippen LogP contribution in [0.1, 0.15) is 16.1 Å². The van der Waals surface area contributed by atoms with E-state index in [1.165, 1.54) is 21.3 Å². The molecule has 0 bridgehead atoms.